The molecule has 0 amide bonds. The molecule has 4 heteroatoms. The fraction of sp³-hybridized carbons (Fsp3) is 0.364. The van der Waals surface area contributed by atoms with Gasteiger partial charge < -0.3 is 14.3 Å². The third-order valence-electron chi connectivity index (χ3n) is 2.84. The molecule has 0 unspecified atom stereocenters. The van der Waals surface area contributed by atoms with Crippen molar-refractivity contribution in [3.05, 3.63) is 23.0 Å². The van der Waals surface area contributed by atoms with E-state index in [1.165, 1.54) is 12.8 Å². The molecular weight excluding hydrogens is 208 g/mol. The van der Waals surface area contributed by atoms with Crippen LogP contribution in [0.4, 0.5) is 0 Å². The predicted molar refractivity (Wildman–Crippen MR) is 61.9 cm³/mol. The molecular formula is C11H12N2OS. The second-order valence-corrected chi connectivity index (χ2v) is 4.30. The lowest BCUT2D eigenvalue weighted by molar-refractivity contribution is 0.415. The van der Waals surface area contributed by atoms with Gasteiger partial charge in [0.25, 0.3) is 0 Å². The Hall–Kier alpha value is -1.29. The van der Waals surface area contributed by atoms with E-state index < -0.39 is 0 Å². The summed E-state index contributed by atoms with van der Waals surface area (Å²) in [5.74, 6) is 0.880. The number of ether oxygens (including phenoxy) is 1. The summed E-state index contributed by atoms with van der Waals surface area (Å²) in [7, 11) is 1.68. The van der Waals surface area contributed by atoms with E-state index in [1.54, 1.807) is 7.11 Å². The first-order valence-electron chi connectivity index (χ1n) is 5.08. The molecule has 1 heterocycles. The maximum atomic E-state index is 5.32. The summed E-state index contributed by atoms with van der Waals surface area (Å²) in [5.41, 5.74) is 2.24. The quantitative estimate of drug-likeness (QED) is 0.788. The van der Waals surface area contributed by atoms with Crippen LogP contribution in [0.15, 0.2) is 18.2 Å². The van der Waals surface area contributed by atoms with Crippen molar-refractivity contribution in [2.24, 2.45) is 0 Å². The Morgan fingerprint density at radius 1 is 1.47 bits per heavy atom. The molecule has 0 radical (unpaired) electrons. The van der Waals surface area contributed by atoms with Crippen molar-refractivity contribution >= 4 is 23.3 Å². The molecule has 15 heavy (non-hydrogen) atoms. The van der Waals surface area contributed by atoms with E-state index in [4.69, 9.17) is 17.0 Å². The van der Waals surface area contributed by atoms with Crippen molar-refractivity contribution < 1.29 is 4.74 Å². The first-order valence-corrected chi connectivity index (χ1v) is 5.48. The SMILES string of the molecule is COc1ccc2[nH]c(=S)n(C3CC3)c2c1. The predicted octanol–water partition coefficient (Wildman–Crippen LogP) is 3.04. The van der Waals surface area contributed by atoms with Gasteiger partial charge in [0.15, 0.2) is 4.77 Å². The van der Waals surface area contributed by atoms with Crippen LogP contribution in [0.2, 0.25) is 0 Å². The van der Waals surface area contributed by atoms with Crippen molar-refractivity contribution in [2.45, 2.75) is 18.9 Å². The van der Waals surface area contributed by atoms with Crippen molar-refractivity contribution in [3.8, 4) is 5.75 Å². The molecule has 1 N–H and O–H groups in total. The zero-order valence-corrected chi connectivity index (χ0v) is 9.30. The molecule has 0 aliphatic heterocycles. The molecule has 1 aliphatic rings. The van der Waals surface area contributed by atoms with Gasteiger partial charge in [-0.2, -0.15) is 0 Å². The smallest absolute Gasteiger partial charge is 0.178 e. The highest BCUT2D eigenvalue weighted by molar-refractivity contribution is 7.71. The highest BCUT2D eigenvalue weighted by Crippen LogP contribution is 2.38. The molecule has 0 bridgehead atoms. The second kappa shape index (κ2) is 3.10. The average molecular weight is 220 g/mol. The number of nitrogens with one attached hydrogen (secondary N) is 1. The minimum Gasteiger partial charge on any atom is -0.497 e. The van der Waals surface area contributed by atoms with Crippen LogP contribution >= 0.6 is 12.2 Å². The average Bonchev–Trinajstić information content (AvgIpc) is 3.00. The Kier molecular flexibility index (Phi) is 1.85. The van der Waals surface area contributed by atoms with Crippen LogP contribution in [0.5, 0.6) is 5.75 Å². The molecule has 3 nitrogen and oxygen atoms in total. The van der Waals surface area contributed by atoms with E-state index >= 15 is 0 Å². The standard InChI is InChI=1S/C11H12N2OS/c1-14-8-4-5-9-10(6-8)13(7-2-3-7)11(15)12-9/h4-7H,2-3H2,1H3,(H,12,15). The number of H-pyrrole nitrogens is 1. The molecule has 3 rings (SSSR count). The maximum absolute atomic E-state index is 5.32. The number of hydrogen-bond acceptors (Lipinski definition) is 2. The van der Waals surface area contributed by atoms with E-state index in [-0.39, 0.29) is 0 Å². The molecule has 0 atom stereocenters. The van der Waals surface area contributed by atoms with E-state index in [2.05, 4.69) is 9.55 Å². The van der Waals surface area contributed by atoms with Crippen molar-refractivity contribution in [3.63, 3.8) is 0 Å². The van der Waals surface area contributed by atoms with Gasteiger partial charge in [-0.3, -0.25) is 0 Å². The molecule has 0 spiro atoms. The monoisotopic (exact) mass is 220 g/mol. The molecule has 1 aromatic carbocycles. The number of fused-ring (bicyclic) bond motifs is 1. The summed E-state index contributed by atoms with van der Waals surface area (Å²) in [6.07, 6.45) is 2.47. The highest BCUT2D eigenvalue weighted by Gasteiger charge is 2.26. The number of aromatic nitrogens is 2. The van der Waals surface area contributed by atoms with Crippen LogP contribution in [-0.4, -0.2) is 16.7 Å². The molecule has 1 fully saturated rings. The summed E-state index contributed by atoms with van der Waals surface area (Å²) in [6, 6.07) is 6.60. The summed E-state index contributed by atoms with van der Waals surface area (Å²) in [5, 5.41) is 0. The molecule has 1 saturated carbocycles. The minimum atomic E-state index is 0.596. The van der Waals surface area contributed by atoms with Gasteiger partial charge in [0.2, 0.25) is 0 Å². The van der Waals surface area contributed by atoms with Gasteiger partial charge in [-0.25, -0.2) is 0 Å². The van der Waals surface area contributed by atoms with Crippen molar-refractivity contribution in [1.29, 1.82) is 0 Å². The van der Waals surface area contributed by atoms with Crippen molar-refractivity contribution in [2.75, 3.05) is 7.11 Å². The zero-order chi connectivity index (χ0) is 10.4. The summed E-state index contributed by atoms with van der Waals surface area (Å²) < 4.78 is 8.25. The molecule has 1 aliphatic carbocycles. The van der Waals surface area contributed by atoms with Crippen LogP contribution in [0, 0.1) is 4.77 Å². The third kappa shape index (κ3) is 1.36. The fourth-order valence-electron chi connectivity index (χ4n) is 1.92. The van der Waals surface area contributed by atoms with Gasteiger partial charge in [0.05, 0.1) is 18.1 Å². The van der Waals surface area contributed by atoms with E-state index in [1.807, 2.05) is 18.2 Å². The molecule has 0 saturated heterocycles. The summed E-state index contributed by atoms with van der Waals surface area (Å²) >= 11 is 5.32. The largest absolute Gasteiger partial charge is 0.497 e. The van der Waals surface area contributed by atoms with Crippen LogP contribution < -0.4 is 4.74 Å². The van der Waals surface area contributed by atoms with Crippen LogP contribution in [0.1, 0.15) is 18.9 Å². The van der Waals surface area contributed by atoms with Gasteiger partial charge in [-0.15, -0.1) is 0 Å². The van der Waals surface area contributed by atoms with Crippen molar-refractivity contribution in [1.82, 2.24) is 9.55 Å². The normalized spacial score (nSPS) is 15.8. The molecule has 78 valence electrons. The second-order valence-electron chi connectivity index (χ2n) is 3.91. The topological polar surface area (TPSA) is 29.9 Å². The number of methoxy groups -OCH3 is 1. The van der Waals surface area contributed by atoms with E-state index in [9.17, 15) is 0 Å². The van der Waals surface area contributed by atoms with Crippen LogP contribution in [0.3, 0.4) is 0 Å². The zero-order valence-electron chi connectivity index (χ0n) is 8.49. The number of rotatable bonds is 2. The first-order chi connectivity index (χ1) is 7.29. The third-order valence-corrected chi connectivity index (χ3v) is 3.14. The van der Waals surface area contributed by atoms with Gasteiger partial charge in [0, 0.05) is 12.1 Å². The fourth-order valence-corrected chi connectivity index (χ4v) is 2.28. The van der Waals surface area contributed by atoms with Crippen LogP contribution in [0.25, 0.3) is 11.0 Å². The Morgan fingerprint density at radius 3 is 2.93 bits per heavy atom. The van der Waals surface area contributed by atoms with Gasteiger partial charge in [-0.1, -0.05) is 0 Å². The summed E-state index contributed by atoms with van der Waals surface area (Å²) in [4.78, 5) is 3.22. The Bertz CT molecular complexity index is 565. The van der Waals surface area contributed by atoms with Crippen LogP contribution in [-0.2, 0) is 0 Å². The summed E-state index contributed by atoms with van der Waals surface area (Å²) in [6.45, 7) is 0. The lowest BCUT2D eigenvalue weighted by Crippen LogP contribution is -1.93. The Morgan fingerprint density at radius 2 is 2.27 bits per heavy atom. The number of nitrogens with zero attached hydrogens (tertiary/aromatic N) is 1. The number of benzene rings is 1. The van der Waals surface area contributed by atoms with Gasteiger partial charge >= 0.3 is 0 Å². The molecule has 2 aromatic rings. The van der Waals surface area contributed by atoms with Gasteiger partial charge in [0.1, 0.15) is 5.75 Å². The lowest BCUT2D eigenvalue weighted by Gasteiger charge is -2.03. The Labute approximate surface area is 92.7 Å². The molecule has 1 aromatic heterocycles. The number of imidazole rings is 1. The van der Waals surface area contributed by atoms with E-state index in [0.717, 1.165) is 21.6 Å². The van der Waals surface area contributed by atoms with Gasteiger partial charge in [-0.05, 0) is 37.2 Å². The Balaban J connectivity index is 2.31. The lowest BCUT2D eigenvalue weighted by atomic mass is 10.3. The van der Waals surface area contributed by atoms with E-state index in [0.29, 0.717) is 6.04 Å². The maximum Gasteiger partial charge on any atom is 0.178 e. The number of hydrogen-bond donors (Lipinski definition) is 1. The minimum absolute atomic E-state index is 0.596. The number of aromatic amines is 1. The highest BCUT2D eigenvalue weighted by atomic mass is 32.1. The first kappa shape index (κ1) is 8.97.